The van der Waals surface area contributed by atoms with Crippen molar-refractivity contribution < 1.29 is 9.53 Å². The van der Waals surface area contributed by atoms with Gasteiger partial charge in [0.05, 0.1) is 12.8 Å². The normalized spacial score (nSPS) is 11.9. The van der Waals surface area contributed by atoms with Gasteiger partial charge in [-0.05, 0) is 25.8 Å². The highest BCUT2D eigenvalue weighted by Gasteiger charge is 2.31. The molecule has 15 heavy (non-hydrogen) atoms. The van der Waals surface area contributed by atoms with E-state index in [0.717, 1.165) is 5.69 Å². The fraction of sp³-hybridized carbons (Fsp3) is 0.636. The first-order valence-electron chi connectivity index (χ1n) is 5.04. The van der Waals surface area contributed by atoms with Crippen molar-refractivity contribution in [3.63, 3.8) is 0 Å². The molecule has 0 aliphatic heterocycles. The van der Waals surface area contributed by atoms with Crippen molar-refractivity contribution >= 4 is 5.97 Å². The summed E-state index contributed by atoms with van der Waals surface area (Å²) in [5.41, 5.74) is 0.231. The quantitative estimate of drug-likeness (QED) is 0.716. The molecule has 0 saturated carbocycles. The average Bonchev–Trinajstić information content (AvgIpc) is 2.65. The van der Waals surface area contributed by atoms with Crippen molar-refractivity contribution in [2.45, 2.75) is 39.2 Å². The Hall–Kier alpha value is -1.32. The summed E-state index contributed by atoms with van der Waals surface area (Å²) in [5, 5.41) is 4.37. The lowest BCUT2D eigenvalue weighted by Crippen LogP contribution is -2.37. The molecule has 4 nitrogen and oxygen atoms in total. The van der Waals surface area contributed by atoms with E-state index in [9.17, 15) is 4.79 Å². The van der Waals surface area contributed by atoms with E-state index in [4.69, 9.17) is 4.74 Å². The Morgan fingerprint density at radius 1 is 1.53 bits per heavy atom. The van der Waals surface area contributed by atoms with E-state index < -0.39 is 5.54 Å². The van der Waals surface area contributed by atoms with E-state index in [1.807, 2.05) is 12.3 Å². The summed E-state index contributed by atoms with van der Waals surface area (Å²) < 4.78 is 6.39. The number of nitrogens with zero attached hydrogens (tertiary/aromatic N) is 2. The summed E-state index contributed by atoms with van der Waals surface area (Å²) in [4.78, 5) is 11.5. The molecular weight excluding hydrogens is 192 g/mol. The summed E-state index contributed by atoms with van der Waals surface area (Å²) in [6.45, 7) is 7.71. The number of carbonyl (C=O) groups excluding carboxylic acids is 1. The van der Waals surface area contributed by atoms with Gasteiger partial charge in [0.2, 0.25) is 0 Å². The Labute approximate surface area is 90.2 Å². The second-order valence-electron chi connectivity index (χ2n) is 4.39. The Bertz CT molecular complexity index is 353. The van der Waals surface area contributed by atoms with Crippen LogP contribution in [0.1, 0.15) is 39.3 Å². The SMILES string of the molecule is COC(=O)C(C)(C)n1ccc(C(C)C)n1. The van der Waals surface area contributed by atoms with Crippen molar-refractivity contribution in [3.05, 3.63) is 18.0 Å². The van der Waals surface area contributed by atoms with Crippen LogP contribution >= 0.6 is 0 Å². The van der Waals surface area contributed by atoms with Crippen molar-refractivity contribution in [2.24, 2.45) is 0 Å². The Kier molecular flexibility index (Phi) is 3.17. The maximum atomic E-state index is 11.5. The molecule has 0 saturated heterocycles. The van der Waals surface area contributed by atoms with Crippen LogP contribution in [-0.4, -0.2) is 22.9 Å². The molecule has 4 heteroatoms. The minimum Gasteiger partial charge on any atom is -0.467 e. The van der Waals surface area contributed by atoms with Crippen molar-refractivity contribution in [2.75, 3.05) is 7.11 Å². The maximum absolute atomic E-state index is 11.5. The van der Waals surface area contributed by atoms with Crippen LogP contribution < -0.4 is 0 Å². The van der Waals surface area contributed by atoms with E-state index >= 15 is 0 Å². The summed E-state index contributed by atoms with van der Waals surface area (Å²) in [7, 11) is 1.39. The molecule has 84 valence electrons. The van der Waals surface area contributed by atoms with Gasteiger partial charge in [-0.2, -0.15) is 5.10 Å². The lowest BCUT2D eigenvalue weighted by molar-refractivity contribution is -0.150. The highest BCUT2D eigenvalue weighted by atomic mass is 16.5. The molecule has 0 bridgehead atoms. The molecule has 0 aliphatic rings. The molecular formula is C11H18N2O2. The molecule has 1 aromatic rings. The van der Waals surface area contributed by atoms with Gasteiger partial charge in [-0.25, -0.2) is 4.79 Å². The zero-order chi connectivity index (χ0) is 11.6. The Morgan fingerprint density at radius 2 is 2.13 bits per heavy atom. The molecule has 0 amide bonds. The van der Waals surface area contributed by atoms with Crippen LogP contribution in [0.4, 0.5) is 0 Å². The van der Waals surface area contributed by atoms with Gasteiger partial charge in [0, 0.05) is 6.20 Å². The third kappa shape index (κ3) is 2.19. The molecule has 0 unspecified atom stereocenters. The van der Waals surface area contributed by atoms with E-state index in [1.165, 1.54) is 7.11 Å². The van der Waals surface area contributed by atoms with Crippen LogP contribution in [0, 0.1) is 0 Å². The molecule has 0 spiro atoms. The topological polar surface area (TPSA) is 44.1 Å². The molecule has 0 aromatic carbocycles. The smallest absolute Gasteiger partial charge is 0.333 e. The van der Waals surface area contributed by atoms with Gasteiger partial charge in [-0.1, -0.05) is 13.8 Å². The lowest BCUT2D eigenvalue weighted by Gasteiger charge is -2.22. The second kappa shape index (κ2) is 4.04. The van der Waals surface area contributed by atoms with Crippen molar-refractivity contribution in [3.8, 4) is 0 Å². The lowest BCUT2D eigenvalue weighted by atomic mass is 10.1. The number of carbonyl (C=O) groups is 1. The van der Waals surface area contributed by atoms with Crippen LogP contribution in [-0.2, 0) is 15.1 Å². The second-order valence-corrected chi connectivity index (χ2v) is 4.39. The first-order chi connectivity index (χ1) is 6.89. The fourth-order valence-electron chi connectivity index (χ4n) is 1.30. The predicted molar refractivity (Wildman–Crippen MR) is 57.7 cm³/mol. The molecule has 0 atom stereocenters. The highest BCUT2D eigenvalue weighted by molar-refractivity contribution is 5.77. The number of hydrogen-bond donors (Lipinski definition) is 0. The van der Waals surface area contributed by atoms with E-state index in [0.29, 0.717) is 5.92 Å². The molecule has 1 rings (SSSR count). The van der Waals surface area contributed by atoms with Gasteiger partial charge >= 0.3 is 5.97 Å². The third-order valence-corrected chi connectivity index (χ3v) is 2.46. The fourth-order valence-corrected chi connectivity index (χ4v) is 1.30. The minimum atomic E-state index is -0.748. The largest absolute Gasteiger partial charge is 0.467 e. The number of methoxy groups -OCH3 is 1. The maximum Gasteiger partial charge on any atom is 0.333 e. The number of rotatable bonds is 3. The van der Waals surface area contributed by atoms with Crippen LogP contribution in [0.5, 0.6) is 0 Å². The Morgan fingerprint density at radius 3 is 2.53 bits per heavy atom. The Balaban J connectivity index is 3.00. The number of hydrogen-bond acceptors (Lipinski definition) is 3. The molecule has 0 aliphatic carbocycles. The van der Waals surface area contributed by atoms with Gasteiger partial charge in [0.25, 0.3) is 0 Å². The third-order valence-electron chi connectivity index (χ3n) is 2.46. The first kappa shape index (κ1) is 11.8. The predicted octanol–water partition coefficient (Wildman–Crippen LogP) is 1.91. The van der Waals surface area contributed by atoms with Crippen molar-refractivity contribution in [1.82, 2.24) is 9.78 Å². The molecule has 0 fully saturated rings. The van der Waals surface area contributed by atoms with Gasteiger partial charge in [0.15, 0.2) is 5.54 Å². The van der Waals surface area contributed by atoms with E-state index in [1.54, 1.807) is 18.5 Å². The van der Waals surface area contributed by atoms with Crippen LogP contribution in [0.25, 0.3) is 0 Å². The van der Waals surface area contributed by atoms with Gasteiger partial charge in [-0.15, -0.1) is 0 Å². The van der Waals surface area contributed by atoms with E-state index in [-0.39, 0.29) is 5.97 Å². The number of aromatic nitrogens is 2. The minimum absolute atomic E-state index is 0.291. The van der Waals surface area contributed by atoms with Crippen LogP contribution in [0.2, 0.25) is 0 Å². The summed E-state index contributed by atoms with van der Waals surface area (Å²) >= 11 is 0. The number of ether oxygens (including phenoxy) is 1. The van der Waals surface area contributed by atoms with Crippen molar-refractivity contribution in [1.29, 1.82) is 0 Å². The summed E-state index contributed by atoms with van der Waals surface area (Å²) in [5.74, 6) is 0.0700. The summed E-state index contributed by atoms with van der Waals surface area (Å²) in [6, 6.07) is 1.93. The number of esters is 1. The average molecular weight is 210 g/mol. The zero-order valence-electron chi connectivity index (χ0n) is 9.94. The first-order valence-corrected chi connectivity index (χ1v) is 5.04. The standard InChI is InChI=1S/C11H18N2O2/c1-8(2)9-6-7-13(12-9)11(3,4)10(14)15-5/h6-8H,1-5H3. The van der Waals surface area contributed by atoms with Crippen LogP contribution in [0.3, 0.4) is 0 Å². The highest BCUT2D eigenvalue weighted by Crippen LogP contribution is 2.19. The van der Waals surface area contributed by atoms with Gasteiger partial charge in [0.1, 0.15) is 0 Å². The van der Waals surface area contributed by atoms with Crippen LogP contribution in [0.15, 0.2) is 12.3 Å². The van der Waals surface area contributed by atoms with Gasteiger partial charge in [-0.3, -0.25) is 4.68 Å². The zero-order valence-corrected chi connectivity index (χ0v) is 9.94. The van der Waals surface area contributed by atoms with E-state index in [2.05, 4.69) is 18.9 Å². The summed E-state index contributed by atoms with van der Waals surface area (Å²) in [6.07, 6.45) is 1.81. The monoisotopic (exact) mass is 210 g/mol. The molecule has 1 aromatic heterocycles. The molecule has 0 radical (unpaired) electrons. The van der Waals surface area contributed by atoms with Gasteiger partial charge < -0.3 is 4.74 Å². The molecule has 0 N–H and O–H groups in total. The molecule has 1 heterocycles.